The molecule has 0 aliphatic heterocycles. The number of hydrogen-bond donors (Lipinski definition) is 3. The van der Waals surface area contributed by atoms with Gasteiger partial charge in [0.1, 0.15) is 11.6 Å². The van der Waals surface area contributed by atoms with Crippen LogP contribution in [0.3, 0.4) is 0 Å². The number of carbonyl (C=O) groups is 2. The van der Waals surface area contributed by atoms with Crippen LogP contribution in [0.1, 0.15) is 23.1 Å². The van der Waals surface area contributed by atoms with Crippen LogP contribution in [0, 0.1) is 6.92 Å². The largest absolute Gasteiger partial charge is 0.338 e. The van der Waals surface area contributed by atoms with Crippen LogP contribution < -0.4 is 16.0 Å². The van der Waals surface area contributed by atoms with E-state index in [0.717, 1.165) is 0 Å². The molecule has 2 aromatic rings. The van der Waals surface area contributed by atoms with Crippen molar-refractivity contribution in [1.29, 1.82) is 0 Å². The molecule has 2 aromatic heterocycles. The zero-order chi connectivity index (χ0) is 15.9. The number of nitrogens with one attached hydrogen (secondary N) is 3. The van der Waals surface area contributed by atoms with Crippen molar-refractivity contribution < 1.29 is 9.59 Å². The SMILES string of the molecule is CCNC(=O)Nc1ncccc1C(=O)Nc1cnc(C)nc1. The van der Waals surface area contributed by atoms with Gasteiger partial charge in [-0.15, -0.1) is 0 Å². The molecule has 22 heavy (non-hydrogen) atoms. The number of carbonyl (C=O) groups excluding carboxylic acids is 2. The monoisotopic (exact) mass is 300 g/mol. The Labute approximate surface area is 127 Å². The number of hydrogen-bond acceptors (Lipinski definition) is 5. The van der Waals surface area contributed by atoms with E-state index in [1.165, 1.54) is 18.6 Å². The molecule has 0 spiro atoms. The lowest BCUT2D eigenvalue weighted by molar-refractivity contribution is 0.102. The third kappa shape index (κ3) is 3.98. The van der Waals surface area contributed by atoms with Crippen LogP contribution in [0.2, 0.25) is 0 Å². The predicted molar refractivity (Wildman–Crippen MR) is 81.7 cm³/mol. The van der Waals surface area contributed by atoms with Crippen LogP contribution in [0.4, 0.5) is 16.3 Å². The quantitative estimate of drug-likeness (QED) is 0.794. The summed E-state index contributed by atoms with van der Waals surface area (Å²) in [6.07, 6.45) is 4.51. The lowest BCUT2D eigenvalue weighted by Crippen LogP contribution is -2.29. The molecule has 0 aliphatic carbocycles. The summed E-state index contributed by atoms with van der Waals surface area (Å²) in [5.74, 6) is 0.379. The number of rotatable bonds is 4. The number of pyridine rings is 1. The van der Waals surface area contributed by atoms with Gasteiger partial charge in [0.05, 0.1) is 23.6 Å². The van der Waals surface area contributed by atoms with Gasteiger partial charge >= 0.3 is 6.03 Å². The minimum absolute atomic E-state index is 0.180. The first-order valence-corrected chi connectivity index (χ1v) is 6.70. The topological polar surface area (TPSA) is 109 Å². The number of nitrogens with zero attached hydrogens (tertiary/aromatic N) is 3. The van der Waals surface area contributed by atoms with E-state index in [1.807, 2.05) is 0 Å². The summed E-state index contributed by atoms with van der Waals surface area (Å²) in [7, 11) is 0. The third-order valence-electron chi connectivity index (χ3n) is 2.66. The van der Waals surface area contributed by atoms with Gasteiger partial charge in [-0.2, -0.15) is 0 Å². The molecule has 0 unspecified atom stereocenters. The molecule has 3 amide bonds. The minimum atomic E-state index is -0.422. The Morgan fingerprint density at radius 2 is 1.86 bits per heavy atom. The maximum absolute atomic E-state index is 12.3. The molecular formula is C14H16N6O2. The molecule has 8 nitrogen and oxygen atoms in total. The molecule has 0 aromatic carbocycles. The standard InChI is InChI=1S/C14H16N6O2/c1-3-15-14(22)20-12-11(5-4-6-16-12)13(21)19-10-7-17-9(2)18-8-10/h4-8H,3H2,1-2H3,(H,19,21)(H2,15,16,20,22). The first-order valence-electron chi connectivity index (χ1n) is 6.70. The molecule has 2 heterocycles. The first-order chi connectivity index (χ1) is 10.6. The van der Waals surface area contributed by atoms with Gasteiger partial charge in [0.2, 0.25) is 0 Å². The van der Waals surface area contributed by atoms with E-state index < -0.39 is 11.9 Å². The summed E-state index contributed by atoms with van der Waals surface area (Å²) < 4.78 is 0. The van der Waals surface area contributed by atoms with E-state index in [-0.39, 0.29) is 11.4 Å². The molecule has 114 valence electrons. The fourth-order valence-corrected chi connectivity index (χ4v) is 1.66. The molecule has 0 atom stereocenters. The molecule has 3 N–H and O–H groups in total. The first kappa shape index (κ1) is 15.4. The van der Waals surface area contributed by atoms with Crippen molar-refractivity contribution >= 4 is 23.4 Å². The highest BCUT2D eigenvalue weighted by Gasteiger charge is 2.14. The van der Waals surface area contributed by atoms with Gasteiger partial charge in [-0.05, 0) is 26.0 Å². The van der Waals surface area contributed by atoms with Crippen LogP contribution in [0.5, 0.6) is 0 Å². The second kappa shape index (κ2) is 7.11. The summed E-state index contributed by atoms with van der Waals surface area (Å²) in [4.78, 5) is 35.9. The number of aryl methyl sites for hydroxylation is 1. The minimum Gasteiger partial charge on any atom is -0.338 e. The Bertz CT molecular complexity index is 671. The van der Waals surface area contributed by atoms with E-state index >= 15 is 0 Å². The number of amides is 3. The zero-order valence-corrected chi connectivity index (χ0v) is 12.3. The number of anilines is 2. The fraction of sp³-hybridized carbons (Fsp3) is 0.214. The number of aromatic nitrogens is 3. The van der Waals surface area contributed by atoms with Crippen molar-refractivity contribution in [3.05, 3.63) is 42.1 Å². The van der Waals surface area contributed by atoms with E-state index in [9.17, 15) is 9.59 Å². The van der Waals surface area contributed by atoms with Gasteiger partial charge in [0, 0.05) is 12.7 Å². The highest BCUT2D eigenvalue weighted by atomic mass is 16.2. The van der Waals surface area contributed by atoms with Gasteiger partial charge in [-0.25, -0.2) is 19.7 Å². The van der Waals surface area contributed by atoms with Crippen molar-refractivity contribution in [2.45, 2.75) is 13.8 Å². The lowest BCUT2D eigenvalue weighted by atomic mass is 10.2. The van der Waals surface area contributed by atoms with Gasteiger partial charge < -0.3 is 10.6 Å². The fourth-order valence-electron chi connectivity index (χ4n) is 1.66. The molecule has 2 rings (SSSR count). The van der Waals surface area contributed by atoms with Gasteiger partial charge in [0.25, 0.3) is 5.91 Å². The van der Waals surface area contributed by atoms with E-state index in [4.69, 9.17) is 0 Å². The number of urea groups is 1. The van der Waals surface area contributed by atoms with Gasteiger partial charge in [0.15, 0.2) is 0 Å². The predicted octanol–water partition coefficient (Wildman–Crippen LogP) is 1.57. The molecule has 0 saturated carbocycles. The summed E-state index contributed by atoms with van der Waals surface area (Å²) >= 11 is 0. The van der Waals surface area contributed by atoms with E-state index in [2.05, 4.69) is 30.9 Å². The Balaban J connectivity index is 2.15. The van der Waals surface area contributed by atoms with Crippen LogP contribution in [0.25, 0.3) is 0 Å². The van der Waals surface area contributed by atoms with E-state index in [1.54, 1.807) is 26.0 Å². The van der Waals surface area contributed by atoms with Crippen LogP contribution >= 0.6 is 0 Å². The highest BCUT2D eigenvalue weighted by molar-refractivity contribution is 6.09. The Morgan fingerprint density at radius 3 is 2.55 bits per heavy atom. The average Bonchev–Trinajstić information content (AvgIpc) is 2.50. The summed E-state index contributed by atoms with van der Waals surface area (Å²) in [6.45, 7) is 4.02. The van der Waals surface area contributed by atoms with Crippen molar-refractivity contribution in [2.75, 3.05) is 17.2 Å². The van der Waals surface area contributed by atoms with Crippen molar-refractivity contribution in [2.24, 2.45) is 0 Å². The maximum atomic E-state index is 12.3. The highest BCUT2D eigenvalue weighted by Crippen LogP contribution is 2.14. The Morgan fingerprint density at radius 1 is 1.14 bits per heavy atom. The Hall–Kier alpha value is -3.03. The van der Waals surface area contributed by atoms with Gasteiger partial charge in [-0.3, -0.25) is 10.1 Å². The van der Waals surface area contributed by atoms with Crippen LogP contribution in [0.15, 0.2) is 30.7 Å². The van der Waals surface area contributed by atoms with Gasteiger partial charge in [-0.1, -0.05) is 0 Å². The van der Waals surface area contributed by atoms with Crippen molar-refractivity contribution in [3.8, 4) is 0 Å². The summed E-state index contributed by atoms with van der Waals surface area (Å²) in [5, 5.41) is 7.76. The molecule has 8 heteroatoms. The third-order valence-corrected chi connectivity index (χ3v) is 2.66. The Kier molecular flexibility index (Phi) is 4.97. The van der Waals surface area contributed by atoms with Crippen LogP contribution in [-0.4, -0.2) is 33.4 Å². The van der Waals surface area contributed by atoms with Crippen LogP contribution in [-0.2, 0) is 0 Å². The molecular weight excluding hydrogens is 284 g/mol. The second-order valence-electron chi connectivity index (χ2n) is 4.36. The molecule has 0 fully saturated rings. The molecule has 0 saturated heterocycles. The summed E-state index contributed by atoms with van der Waals surface area (Å²) in [6, 6.07) is 2.76. The second-order valence-corrected chi connectivity index (χ2v) is 4.36. The normalized spacial score (nSPS) is 9.91. The molecule has 0 bridgehead atoms. The molecule has 0 aliphatic rings. The molecule has 0 radical (unpaired) electrons. The van der Waals surface area contributed by atoms with E-state index in [0.29, 0.717) is 18.1 Å². The van der Waals surface area contributed by atoms with Crippen molar-refractivity contribution in [3.63, 3.8) is 0 Å². The summed E-state index contributed by atoms with van der Waals surface area (Å²) in [5.41, 5.74) is 0.706. The van der Waals surface area contributed by atoms with Crippen molar-refractivity contribution in [1.82, 2.24) is 20.3 Å². The maximum Gasteiger partial charge on any atom is 0.320 e. The smallest absolute Gasteiger partial charge is 0.320 e. The zero-order valence-electron chi connectivity index (χ0n) is 12.3. The average molecular weight is 300 g/mol. The lowest BCUT2D eigenvalue weighted by Gasteiger charge is -2.10.